The molecular formula is C27H44O8. The molecule has 0 aliphatic heterocycles. The summed E-state index contributed by atoms with van der Waals surface area (Å²) in [4.78, 5) is 13.3. The summed E-state index contributed by atoms with van der Waals surface area (Å²) < 4.78 is 0. The van der Waals surface area contributed by atoms with Crippen LogP contribution in [0.2, 0.25) is 0 Å². The molecule has 0 radical (unpaired) electrons. The van der Waals surface area contributed by atoms with Crippen LogP contribution >= 0.6 is 0 Å². The number of hydrogen-bond donors (Lipinski definition) is 7. The molecule has 0 aromatic carbocycles. The smallest absolute Gasteiger partial charge is 0.187 e. The molecule has 3 saturated carbocycles. The van der Waals surface area contributed by atoms with Gasteiger partial charge in [-0.1, -0.05) is 27.7 Å². The minimum absolute atomic E-state index is 0.0989. The first-order valence-electron chi connectivity index (χ1n) is 13.1. The van der Waals surface area contributed by atoms with Crippen molar-refractivity contribution < 1.29 is 40.5 Å². The Labute approximate surface area is 207 Å². The Hall–Kier alpha value is -0.870. The van der Waals surface area contributed by atoms with Crippen LogP contribution in [0.1, 0.15) is 79.6 Å². The molecule has 4 aliphatic rings. The summed E-state index contributed by atoms with van der Waals surface area (Å²) in [6.07, 6.45) is -1.83. The summed E-state index contributed by atoms with van der Waals surface area (Å²) in [6.45, 7) is 9.14. The van der Waals surface area contributed by atoms with Gasteiger partial charge in [0.15, 0.2) is 5.78 Å². The van der Waals surface area contributed by atoms with Gasteiger partial charge in [-0.25, -0.2) is 0 Å². The number of carbonyl (C=O) groups is 1. The third kappa shape index (κ3) is 3.55. The van der Waals surface area contributed by atoms with Gasteiger partial charge in [0.05, 0.1) is 35.6 Å². The van der Waals surface area contributed by atoms with Gasteiger partial charge in [0.2, 0.25) is 0 Å². The number of aliphatic hydroxyl groups excluding tert-OH is 4. The molecule has 7 N–H and O–H groups in total. The summed E-state index contributed by atoms with van der Waals surface area (Å²) in [6, 6.07) is 0. The molecule has 0 aromatic heterocycles. The topological polar surface area (TPSA) is 159 Å². The second-order valence-corrected chi connectivity index (χ2v) is 13.1. The fourth-order valence-corrected chi connectivity index (χ4v) is 8.42. The lowest BCUT2D eigenvalue weighted by atomic mass is 9.43. The molecule has 8 heteroatoms. The number of carbonyl (C=O) groups excluding carboxylic acids is 1. The third-order valence-electron chi connectivity index (χ3n) is 10.6. The Morgan fingerprint density at radius 1 is 0.971 bits per heavy atom. The van der Waals surface area contributed by atoms with E-state index in [1.165, 1.54) is 6.08 Å². The molecule has 35 heavy (non-hydrogen) atoms. The van der Waals surface area contributed by atoms with Crippen molar-refractivity contribution in [3.05, 3.63) is 11.6 Å². The molecule has 4 aliphatic carbocycles. The second kappa shape index (κ2) is 8.32. The Balaban J connectivity index is 1.76. The maximum atomic E-state index is 13.3. The van der Waals surface area contributed by atoms with E-state index in [9.17, 15) is 40.5 Å². The van der Waals surface area contributed by atoms with Gasteiger partial charge >= 0.3 is 0 Å². The van der Waals surface area contributed by atoms with Crippen molar-refractivity contribution in [2.75, 3.05) is 0 Å². The average Bonchev–Trinajstić information content (AvgIpc) is 3.01. The zero-order valence-electron chi connectivity index (χ0n) is 21.6. The van der Waals surface area contributed by atoms with Crippen molar-refractivity contribution in [2.45, 2.75) is 121 Å². The normalized spacial score (nSPS) is 50.1. The maximum absolute atomic E-state index is 13.3. The van der Waals surface area contributed by atoms with Crippen LogP contribution < -0.4 is 0 Å². The van der Waals surface area contributed by atoms with Gasteiger partial charge < -0.3 is 35.7 Å². The molecule has 0 saturated heterocycles. The van der Waals surface area contributed by atoms with E-state index in [4.69, 9.17) is 0 Å². The van der Waals surface area contributed by atoms with Crippen LogP contribution in [0.25, 0.3) is 0 Å². The first-order chi connectivity index (χ1) is 16.0. The van der Waals surface area contributed by atoms with E-state index in [0.29, 0.717) is 24.3 Å². The molecule has 0 spiro atoms. The Bertz CT molecular complexity index is 900. The molecule has 0 bridgehead atoms. The summed E-state index contributed by atoms with van der Waals surface area (Å²) in [5, 5.41) is 78.4. The highest BCUT2D eigenvalue weighted by Gasteiger charge is 2.73. The van der Waals surface area contributed by atoms with Crippen LogP contribution in [0.5, 0.6) is 0 Å². The Morgan fingerprint density at radius 3 is 2.14 bits per heavy atom. The standard InChI is InChI=1S/C27H44O8/c1-14(2)6-7-20(31)25(5,33)19-8-9-26(34)15-10-21(32)27(35)13-17(29)16(28)11-24(27,4)22(15)18(30)12-23(19,26)3/h10,14,16-20,22,28-31,33-35H,6-9,11-13H2,1-5H3/t16?,17?,18?,19-,20?,22+,23+,24+,25+,26?,27?/m0/s1. The predicted molar refractivity (Wildman–Crippen MR) is 128 cm³/mol. The minimum Gasteiger partial charge on any atom is -0.392 e. The fraction of sp³-hybridized carbons (Fsp3) is 0.889. The molecule has 0 aromatic rings. The SMILES string of the molecule is CC(C)CCC(O)[C@](C)(O)[C@H]1CCC2(O)C3=CC(=O)C4(O)CC(O)C(O)C[C@]4(C)[C@H]3C(O)C[C@]12C. The Morgan fingerprint density at radius 2 is 1.54 bits per heavy atom. The van der Waals surface area contributed by atoms with E-state index < -0.39 is 69.7 Å². The largest absolute Gasteiger partial charge is 0.392 e. The summed E-state index contributed by atoms with van der Waals surface area (Å²) >= 11 is 0. The molecule has 4 rings (SSSR count). The van der Waals surface area contributed by atoms with Gasteiger partial charge in [-0.05, 0) is 68.9 Å². The summed E-state index contributed by atoms with van der Waals surface area (Å²) in [5.74, 6) is -1.63. The molecule has 11 atom stereocenters. The third-order valence-corrected chi connectivity index (χ3v) is 10.6. The number of hydrogen-bond acceptors (Lipinski definition) is 8. The van der Waals surface area contributed by atoms with E-state index >= 15 is 0 Å². The van der Waals surface area contributed by atoms with Crippen molar-refractivity contribution in [3.63, 3.8) is 0 Å². The highest BCUT2D eigenvalue weighted by atomic mass is 16.3. The molecule has 6 unspecified atom stereocenters. The highest BCUT2D eigenvalue weighted by Crippen LogP contribution is 2.69. The van der Waals surface area contributed by atoms with E-state index in [-0.39, 0.29) is 25.7 Å². The van der Waals surface area contributed by atoms with Crippen molar-refractivity contribution in [1.82, 2.24) is 0 Å². The quantitative estimate of drug-likeness (QED) is 0.295. The highest BCUT2D eigenvalue weighted by molar-refractivity contribution is 6.00. The second-order valence-electron chi connectivity index (χ2n) is 13.1. The van der Waals surface area contributed by atoms with Crippen molar-refractivity contribution in [2.24, 2.45) is 28.6 Å². The molecule has 3 fully saturated rings. The zero-order valence-corrected chi connectivity index (χ0v) is 21.6. The average molecular weight is 497 g/mol. The molecule has 8 nitrogen and oxygen atoms in total. The van der Waals surface area contributed by atoms with E-state index in [1.807, 2.05) is 20.8 Å². The first kappa shape index (κ1) is 27.2. The molecule has 200 valence electrons. The fourth-order valence-electron chi connectivity index (χ4n) is 8.42. The van der Waals surface area contributed by atoms with Crippen molar-refractivity contribution >= 4 is 5.78 Å². The Kier molecular flexibility index (Phi) is 6.46. The van der Waals surface area contributed by atoms with Crippen molar-refractivity contribution in [1.29, 1.82) is 0 Å². The first-order valence-corrected chi connectivity index (χ1v) is 13.1. The maximum Gasteiger partial charge on any atom is 0.187 e. The minimum atomic E-state index is -1.97. The van der Waals surface area contributed by atoms with E-state index in [1.54, 1.807) is 13.8 Å². The van der Waals surface area contributed by atoms with Gasteiger partial charge in [-0.2, -0.15) is 0 Å². The van der Waals surface area contributed by atoms with Crippen LogP contribution in [0.3, 0.4) is 0 Å². The van der Waals surface area contributed by atoms with Gasteiger partial charge in [0.25, 0.3) is 0 Å². The monoisotopic (exact) mass is 496 g/mol. The summed E-state index contributed by atoms with van der Waals surface area (Å²) in [5.41, 5.74) is -7.02. The molecular weight excluding hydrogens is 452 g/mol. The van der Waals surface area contributed by atoms with Crippen molar-refractivity contribution in [3.8, 4) is 0 Å². The van der Waals surface area contributed by atoms with E-state index in [0.717, 1.165) is 6.42 Å². The lowest BCUT2D eigenvalue weighted by molar-refractivity contribution is -0.228. The number of rotatable bonds is 5. The number of aliphatic hydroxyl groups is 7. The lowest BCUT2D eigenvalue weighted by Gasteiger charge is -2.64. The van der Waals surface area contributed by atoms with Crippen LogP contribution in [0.4, 0.5) is 0 Å². The zero-order chi connectivity index (χ0) is 26.4. The van der Waals surface area contributed by atoms with Crippen LogP contribution in [0.15, 0.2) is 11.6 Å². The van der Waals surface area contributed by atoms with Gasteiger partial charge in [-0.15, -0.1) is 0 Å². The predicted octanol–water partition coefficient (Wildman–Crippen LogP) is 0.825. The van der Waals surface area contributed by atoms with Crippen LogP contribution in [0, 0.1) is 28.6 Å². The number of fused-ring (bicyclic) bond motifs is 5. The van der Waals surface area contributed by atoms with Crippen LogP contribution in [-0.4, -0.2) is 82.7 Å². The molecule has 0 heterocycles. The molecule has 0 amide bonds. The van der Waals surface area contributed by atoms with Crippen LogP contribution in [-0.2, 0) is 4.79 Å². The lowest BCUT2D eigenvalue weighted by Crippen LogP contribution is -2.71. The van der Waals surface area contributed by atoms with E-state index in [2.05, 4.69) is 0 Å². The number of ketones is 1. The van der Waals surface area contributed by atoms with Gasteiger partial charge in [0, 0.05) is 23.2 Å². The summed E-state index contributed by atoms with van der Waals surface area (Å²) in [7, 11) is 0. The van der Waals surface area contributed by atoms with Gasteiger partial charge in [-0.3, -0.25) is 4.79 Å². The van der Waals surface area contributed by atoms with Gasteiger partial charge in [0.1, 0.15) is 5.60 Å².